The number of carbonyl (C=O) groups is 1. The van der Waals surface area contributed by atoms with Crippen LogP contribution in [0.5, 0.6) is 0 Å². The Bertz CT molecular complexity index is 792. The van der Waals surface area contributed by atoms with Gasteiger partial charge in [0.05, 0.1) is 36.9 Å². The monoisotopic (exact) mass is 402 g/mol. The highest BCUT2D eigenvalue weighted by Gasteiger charge is 2.33. The van der Waals surface area contributed by atoms with Crippen LogP contribution in [0.4, 0.5) is 10.6 Å². The van der Waals surface area contributed by atoms with Gasteiger partial charge in [-0.3, -0.25) is 0 Å². The van der Waals surface area contributed by atoms with Crippen molar-refractivity contribution in [3.05, 3.63) is 17.1 Å². The molecule has 3 aliphatic rings. The van der Waals surface area contributed by atoms with Gasteiger partial charge in [0.2, 0.25) is 0 Å². The number of rotatable bonds is 5. The third-order valence-corrected chi connectivity index (χ3v) is 5.65. The smallest absolute Gasteiger partial charge is 0.407 e. The van der Waals surface area contributed by atoms with Gasteiger partial charge in [0, 0.05) is 38.3 Å². The zero-order chi connectivity index (χ0) is 20.2. The number of aromatic nitrogens is 2. The maximum absolute atomic E-state index is 11.5. The van der Waals surface area contributed by atoms with Gasteiger partial charge >= 0.3 is 6.09 Å². The number of hydrogen-bond donors (Lipinski definition) is 2. The van der Waals surface area contributed by atoms with E-state index in [0.29, 0.717) is 45.2 Å². The Morgan fingerprint density at radius 3 is 3.07 bits per heavy atom. The first kappa shape index (κ1) is 19.8. The van der Waals surface area contributed by atoms with Gasteiger partial charge in [-0.2, -0.15) is 5.26 Å². The third kappa shape index (κ3) is 4.42. The number of anilines is 1. The van der Waals surface area contributed by atoms with E-state index in [9.17, 15) is 9.90 Å². The summed E-state index contributed by atoms with van der Waals surface area (Å²) in [5.41, 5.74) is 2.08. The lowest BCUT2D eigenvalue weighted by molar-refractivity contribution is 0.0283. The van der Waals surface area contributed by atoms with Crippen molar-refractivity contribution in [2.75, 3.05) is 44.3 Å². The fourth-order valence-electron chi connectivity index (χ4n) is 4.13. The molecule has 2 N–H and O–H groups in total. The van der Waals surface area contributed by atoms with Gasteiger partial charge in [-0.1, -0.05) is 0 Å². The summed E-state index contributed by atoms with van der Waals surface area (Å²) < 4.78 is 11.3. The predicted molar refractivity (Wildman–Crippen MR) is 102 cm³/mol. The first-order valence-corrected chi connectivity index (χ1v) is 10.1. The molecule has 0 saturated carbocycles. The average molecular weight is 402 g/mol. The Kier molecular flexibility index (Phi) is 6.08. The molecule has 10 nitrogen and oxygen atoms in total. The minimum Gasteiger partial charge on any atom is -0.465 e. The summed E-state index contributed by atoms with van der Waals surface area (Å²) in [6.07, 6.45) is 0.966. The number of amides is 1. The quantitative estimate of drug-likeness (QED) is 0.725. The van der Waals surface area contributed by atoms with Gasteiger partial charge in [0.1, 0.15) is 12.4 Å². The summed E-state index contributed by atoms with van der Waals surface area (Å²) in [7, 11) is 0. The fraction of sp³-hybridized carbons (Fsp3) is 0.684. The van der Waals surface area contributed by atoms with E-state index in [-0.39, 0.29) is 18.6 Å². The Morgan fingerprint density at radius 1 is 1.41 bits per heavy atom. The topological polar surface area (TPSA) is 124 Å². The molecule has 10 heteroatoms. The number of carboxylic acid groups (broad SMARTS) is 1. The van der Waals surface area contributed by atoms with Gasteiger partial charge < -0.3 is 29.7 Å². The number of piperazine rings is 1. The maximum atomic E-state index is 11.5. The Hall–Kier alpha value is -2.48. The van der Waals surface area contributed by atoms with Gasteiger partial charge in [-0.15, -0.1) is 0 Å². The van der Waals surface area contributed by atoms with Gasteiger partial charge in [0.15, 0.2) is 5.82 Å². The predicted octanol–water partition coefficient (Wildman–Crippen LogP) is 0.510. The lowest BCUT2D eigenvalue weighted by atomic mass is 10.0. The molecular formula is C19H26N6O4. The molecule has 0 aromatic carbocycles. The number of nitrogens with one attached hydrogen (secondary N) is 1. The molecule has 4 heterocycles. The molecular weight excluding hydrogens is 376 g/mol. The number of nitrogens with zero attached hydrogens (tertiary/aromatic N) is 5. The number of nitriles is 1. The lowest BCUT2D eigenvalue weighted by Crippen LogP contribution is -2.55. The van der Waals surface area contributed by atoms with Crippen LogP contribution in [-0.2, 0) is 29.0 Å². The van der Waals surface area contributed by atoms with E-state index < -0.39 is 6.09 Å². The first-order chi connectivity index (χ1) is 14.2. The van der Waals surface area contributed by atoms with Crippen LogP contribution in [0.25, 0.3) is 0 Å². The molecule has 0 unspecified atom stereocenters. The zero-order valence-corrected chi connectivity index (χ0v) is 16.3. The maximum Gasteiger partial charge on any atom is 0.407 e. The second kappa shape index (κ2) is 8.90. The van der Waals surface area contributed by atoms with E-state index in [0.717, 1.165) is 43.1 Å². The van der Waals surface area contributed by atoms with Crippen LogP contribution in [0, 0.1) is 11.3 Å². The highest BCUT2D eigenvalue weighted by Crippen LogP contribution is 2.27. The Balaban J connectivity index is 1.57. The van der Waals surface area contributed by atoms with Crippen LogP contribution < -0.4 is 10.2 Å². The number of hydrogen-bond acceptors (Lipinski definition) is 8. The van der Waals surface area contributed by atoms with Gasteiger partial charge in [-0.05, 0) is 19.4 Å². The van der Waals surface area contributed by atoms with Gasteiger partial charge in [0.25, 0.3) is 0 Å². The van der Waals surface area contributed by atoms with Crippen LogP contribution in [0.15, 0.2) is 0 Å². The minimum absolute atomic E-state index is 0.0790. The zero-order valence-electron chi connectivity index (χ0n) is 16.3. The molecule has 0 radical (unpaired) electrons. The fourth-order valence-corrected chi connectivity index (χ4v) is 4.13. The second-order valence-electron chi connectivity index (χ2n) is 7.55. The van der Waals surface area contributed by atoms with Crippen molar-refractivity contribution in [3.63, 3.8) is 0 Å². The summed E-state index contributed by atoms with van der Waals surface area (Å²) in [4.78, 5) is 24.5. The van der Waals surface area contributed by atoms with E-state index >= 15 is 0 Å². The van der Waals surface area contributed by atoms with Crippen LogP contribution in [0.3, 0.4) is 0 Å². The molecule has 1 amide bonds. The highest BCUT2D eigenvalue weighted by molar-refractivity contribution is 5.66. The summed E-state index contributed by atoms with van der Waals surface area (Å²) in [6, 6.07) is 1.75. The SMILES string of the molecule is N#CC[C@H]1CN(c2nc(CO[C@H]3CCOC3)nc3c2CCNC3)CCN1C(=O)O. The molecule has 2 saturated heterocycles. The number of fused-ring (bicyclic) bond motifs is 1. The van der Waals surface area contributed by atoms with Crippen molar-refractivity contribution < 1.29 is 19.4 Å². The highest BCUT2D eigenvalue weighted by atomic mass is 16.5. The van der Waals surface area contributed by atoms with E-state index in [1.54, 1.807) is 0 Å². The summed E-state index contributed by atoms with van der Waals surface area (Å²) in [6.45, 7) is 4.53. The van der Waals surface area contributed by atoms with Crippen molar-refractivity contribution >= 4 is 11.9 Å². The third-order valence-electron chi connectivity index (χ3n) is 5.65. The molecule has 4 rings (SSSR count). The molecule has 3 aliphatic heterocycles. The normalized spacial score (nSPS) is 24.2. The molecule has 1 aromatic heterocycles. The molecule has 29 heavy (non-hydrogen) atoms. The van der Waals surface area contributed by atoms with Crippen molar-refractivity contribution in [1.82, 2.24) is 20.2 Å². The summed E-state index contributed by atoms with van der Waals surface area (Å²) >= 11 is 0. The Morgan fingerprint density at radius 2 is 2.31 bits per heavy atom. The van der Waals surface area contributed by atoms with E-state index in [1.807, 2.05) is 0 Å². The van der Waals surface area contributed by atoms with Crippen LogP contribution >= 0.6 is 0 Å². The first-order valence-electron chi connectivity index (χ1n) is 10.1. The molecule has 2 fully saturated rings. The molecule has 0 bridgehead atoms. The average Bonchev–Trinajstić information content (AvgIpc) is 3.25. The number of ether oxygens (including phenoxy) is 2. The molecule has 2 atom stereocenters. The minimum atomic E-state index is -0.980. The molecule has 1 aromatic rings. The Labute approximate surface area is 169 Å². The molecule has 156 valence electrons. The van der Waals surface area contributed by atoms with E-state index in [1.165, 1.54) is 4.90 Å². The van der Waals surface area contributed by atoms with Gasteiger partial charge in [-0.25, -0.2) is 14.8 Å². The van der Waals surface area contributed by atoms with Crippen molar-refractivity contribution in [3.8, 4) is 6.07 Å². The summed E-state index contributed by atoms with van der Waals surface area (Å²) in [5.74, 6) is 1.48. The van der Waals surface area contributed by atoms with E-state index in [2.05, 4.69) is 16.3 Å². The summed E-state index contributed by atoms with van der Waals surface area (Å²) in [5, 5.41) is 21.9. The standard InChI is InChI=1S/C19H26N6O4/c20-4-1-13-10-24(6-7-25(13)19(26)27)18-15-2-5-21-9-16(15)22-17(23-18)12-29-14-3-8-28-11-14/h13-14,21H,1-3,5-12H2,(H,26,27)/t13-,14-/m0/s1. The largest absolute Gasteiger partial charge is 0.465 e. The molecule has 0 spiro atoms. The van der Waals surface area contributed by atoms with Crippen LogP contribution in [0.2, 0.25) is 0 Å². The van der Waals surface area contributed by atoms with Crippen molar-refractivity contribution in [1.29, 1.82) is 5.26 Å². The molecule has 0 aliphatic carbocycles. The second-order valence-corrected chi connectivity index (χ2v) is 7.55. The van der Waals surface area contributed by atoms with Crippen LogP contribution in [-0.4, -0.2) is 77.6 Å². The van der Waals surface area contributed by atoms with Crippen molar-refractivity contribution in [2.24, 2.45) is 0 Å². The van der Waals surface area contributed by atoms with E-state index in [4.69, 9.17) is 24.7 Å². The van der Waals surface area contributed by atoms with Crippen LogP contribution in [0.1, 0.15) is 29.9 Å². The lowest BCUT2D eigenvalue weighted by Gasteiger charge is -2.40. The van der Waals surface area contributed by atoms with Crippen molar-refractivity contribution in [2.45, 2.75) is 44.6 Å².